The molecular formula is C28H39N7O3. The number of hydrogen-bond acceptors (Lipinski definition) is 7. The van der Waals surface area contributed by atoms with Gasteiger partial charge in [0.2, 0.25) is 5.91 Å². The van der Waals surface area contributed by atoms with Gasteiger partial charge in [-0.2, -0.15) is 0 Å². The molecule has 10 heteroatoms. The number of aryl methyl sites for hydroxylation is 2. The summed E-state index contributed by atoms with van der Waals surface area (Å²) < 4.78 is 0. The zero-order valence-electron chi connectivity index (χ0n) is 22.7. The van der Waals surface area contributed by atoms with Gasteiger partial charge in [0.15, 0.2) is 0 Å². The Kier molecular flexibility index (Phi) is 8.61. The molecule has 0 aliphatic carbocycles. The highest BCUT2D eigenvalue weighted by Crippen LogP contribution is 2.31. The predicted octanol–water partition coefficient (Wildman–Crippen LogP) is 2.45. The number of aromatic amines is 1. The third-order valence-corrected chi connectivity index (χ3v) is 7.45. The molecule has 1 unspecified atom stereocenters. The Morgan fingerprint density at radius 3 is 2.55 bits per heavy atom. The molecule has 1 atom stereocenters. The monoisotopic (exact) mass is 521 g/mol. The van der Waals surface area contributed by atoms with E-state index in [1.54, 1.807) is 6.07 Å². The standard InChI is InChI=1S/C28H39N7O3/c1-16(2)32-25-22(13-29)21(26(36)31-15-23-17(3)11-18(4)33-27(23)37)12-24(34-25)19-6-9-35(10-7-19)28(38)20-5-8-30-14-20/h11-13,16,19-20,29-30H,5-10,14-15H2,1-4H3,(H,31,36)(H,32,34)(H,33,37). The molecule has 0 radical (unpaired) electrons. The van der Waals surface area contributed by atoms with Gasteiger partial charge in [-0.3, -0.25) is 14.4 Å². The maximum Gasteiger partial charge on any atom is 0.253 e. The molecule has 5 N–H and O–H groups in total. The van der Waals surface area contributed by atoms with Crippen LogP contribution in [0.5, 0.6) is 0 Å². The van der Waals surface area contributed by atoms with Crippen LogP contribution in [-0.2, 0) is 11.3 Å². The summed E-state index contributed by atoms with van der Waals surface area (Å²) in [6.07, 6.45) is 3.57. The summed E-state index contributed by atoms with van der Waals surface area (Å²) in [5, 5.41) is 17.5. The van der Waals surface area contributed by atoms with Gasteiger partial charge in [0, 0.05) is 66.9 Å². The predicted molar refractivity (Wildman–Crippen MR) is 148 cm³/mol. The van der Waals surface area contributed by atoms with E-state index in [1.165, 1.54) is 0 Å². The van der Waals surface area contributed by atoms with Gasteiger partial charge in [-0.25, -0.2) is 4.98 Å². The third-order valence-electron chi connectivity index (χ3n) is 7.45. The van der Waals surface area contributed by atoms with Crippen molar-refractivity contribution in [2.24, 2.45) is 5.92 Å². The van der Waals surface area contributed by atoms with E-state index in [0.717, 1.165) is 55.5 Å². The largest absolute Gasteiger partial charge is 0.367 e. The minimum absolute atomic E-state index is 0.0561. The summed E-state index contributed by atoms with van der Waals surface area (Å²) >= 11 is 0. The van der Waals surface area contributed by atoms with E-state index in [-0.39, 0.29) is 41.8 Å². The Labute approximate surface area is 223 Å². The number of amides is 2. The zero-order valence-corrected chi connectivity index (χ0v) is 22.7. The highest BCUT2D eigenvalue weighted by molar-refractivity contribution is 6.04. The molecule has 10 nitrogen and oxygen atoms in total. The van der Waals surface area contributed by atoms with Gasteiger partial charge < -0.3 is 31.2 Å². The fourth-order valence-corrected chi connectivity index (χ4v) is 5.39. The van der Waals surface area contributed by atoms with Crippen molar-refractivity contribution >= 4 is 23.8 Å². The van der Waals surface area contributed by atoms with E-state index in [1.807, 2.05) is 38.7 Å². The Morgan fingerprint density at radius 2 is 1.95 bits per heavy atom. The number of piperidine rings is 1. The molecule has 4 heterocycles. The number of nitrogens with zero attached hydrogens (tertiary/aromatic N) is 2. The Hall–Kier alpha value is -3.53. The van der Waals surface area contributed by atoms with E-state index in [4.69, 9.17) is 10.4 Å². The number of likely N-dealkylation sites (tertiary alicyclic amines) is 1. The zero-order chi connectivity index (χ0) is 27.4. The minimum atomic E-state index is -0.361. The maximum atomic E-state index is 13.4. The number of hydrogen-bond donors (Lipinski definition) is 5. The normalized spacial score (nSPS) is 18.0. The van der Waals surface area contributed by atoms with Gasteiger partial charge >= 0.3 is 0 Å². The lowest BCUT2D eigenvalue weighted by molar-refractivity contribution is -0.136. The summed E-state index contributed by atoms with van der Waals surface area (Å²) in [6, 6.07) is 3.71. The van der Waals surface area contributed by atoms with Crippen LogP contribution in [0.1, 0.15) is 77.5 Å². The molecular weight excluding hydrogens is 482 g/mol. The van der Waals surface area contributed by atoms with Gasteiger partial charge in [-0.15, -0.1) is 0 Å². The van der Waals surface area contributed by atoms with Gasteiger partial charge in [0.1, 0.15) is 5.82 Å². The average Bonchev–Trinajstić information content (AvgIpc) is 3.42. The first kappa shape index (κ1) is 27.5. The Morgan fingerprint density at radius 1 is 1.21 bits per heavy atom. The fraction of sp³-hybridized carbons (Fsp3) is 0.536. The maximum absolute atomic E-state index is 13.4. The number of carbonyl (C=O) groups excluding carboxylic acids is 2. The molecule has 0 saturated carbocycles. The van der Waals surface area contributed by atoms with E-state index in [2.05, 4.69) is 20.9 Å². The molecule has 0 aromatic carbocycles. The van der Waals surface area contributed by atoms with E-state index in [0.29, 0.717) is 35.6 Å². The van der Waals surface area contributed by atoms with E-state index < -0.39 is 0 Å². The van der Waals surface area contributed by atoms with Crippen molar-refractivity contribution in [1.82, 2.24) is 25.5 Å². The van der Waals surface area contributed by atoms with Crippen LogP contribution in [-0.4, -0.2) is 65.1 Å². The molecule has 0 spiro atoms. The summed E-state index contributed by atoms with van der Waals surface area (Å²) in [6.45, 7) is 10.7. The first-order chi connectivity index (χ1) is 18.2. The second-order valence-electron chi connectivity index (χ2n) is 10.7. The van der Waals surface area contributed by atoms with Crippen molar-refractivity contribution < 1.29 is 9.59 Å². The van der Waals surface area contributed by atoms with Crippen LogP contribution >= 0.6 is 0 Å². The molecule has 4 rings (SSSR count). The number of pyridine rings is 2. The first-order valence-corrected chi connectivity index (χ1v) is 13.5. The second-order valence-corrected chi connectivity index (χ2v) is 10.7. The van der Waals surface area contributed by atoms with Crippen LogP contribution in [0.2, 0.25) is 0 Å². The Balaban J connectivity index is 1.56. The molecule has 2 saturated heterocycles. The van der Waals surface area contributed by atoms with Gasteiger partial charge in [0.25, 0.3) is 11.5 Å². The van der Waals surface area contributed by atoms with E-state index >= 15 is 0 Å². The van der Waals surface area contributed by atoms with Crippen molar-refractivity contribution in [3.05, 3.63) is 56.1 Å². The highest BCUT2D eigenvalue weighted by atomic mass is 16.2. The van der Waals surface area contributed by atoms with Crippen molar-refractivity contribution in [1.29, 1.82) is 5.41 Å². The van der Waals surface area contributed by atoms with E-state index in [9.17, 15) is 14.4 Å². The van der Waals surface area contributed by atoms with Gasteiger partial charge in [-0.1, -0.05) is 0 Å². The number of H-pyrrole nitrogens is 1. The van der Waals surface area contributed by atoms with Crippen molar-refractivity contribution in [2.75, 3.05) is 31.5 Å². The van der Waals surface area contributed by atoms with Crippen LogP contribution in [0.4, 0.5) is 5.82 Å². The van der Waals surface area contributed by atoms with Crippen LogP contribution in [0.25, 0.3) is 0 Å². The number of nitrogens with one attached hydrogen (secondary N) is 5. The Bertz CT molecular complexity index is 1260. The number of aromatic nitrogens is 2. The van der Waals surface area contributed by atoms with Crippen LogP contribution in [0.3, 0.4) is 0 Å². The first-order valence-electron chi connectivity index (χ1n) is 13.5. The summed E-state index contributed by atoms with van der Waals surface area (Å²) in [4.78, 5) is 48.3. The van der Waals surface area contributed by atoms with Crippen molar-refractivity contribution in [2.45, 2.75) is 65.5 Å². The third kappa shape index (κ3) is 6.12. The molecule has 2 aliphatic heterocycles. The smallest absolute Gasteiger partial charge is 0.253 e. The molecule has 38 heavy (non-hydrogen) atoms. The topological polar surface area (TPSA) is 143 Å². The minimum Gasteiger partial charge on any atom is -0.367 e. The number of anilines is 1. The molecule has 2 aliphatic rings. The molecule has 2 aromatic rings. The van der Waals surface area contributed by atoms with Gasteiger partial charge in [-0.05, 0) is 71.2 Å². The van der Waals surface area contributed by atoms with Crippen molar-refractivity contribution in [3.8, 4) is 0 Å². The lowest BCUT2D eigenvalue weighted by atomic mass is 9.90. The lowest BCUT2D eigenvalue weighted by Crippen LogP contribution is -2.42. The average molecular weight is 522 g/mol. The highest BCUT2D eigenvalue weighted by Gasteiger charge is 2.31. The van der Waals surface area contributed by atoms with Crippen LogP contribution < -0.4 is 21.5 Å². The molecule has 2 aromatic heterocycles. The quantitative estimate of drug-likeness (QED) is 0.338. The van der Waals surface area contributed by atoms with Crippen LogP contribution in [0, 0.1) is 25.2 Å². The number of carbonyl (C=O) groups is 2. The second kappa shape index (κ2) is 11.9. The fourth-order valence-electron chi connectivity index (χ4n) is 5.39. The van der Waals surface area contributed by atoms with Crippen LogP contribution in [0.15, 0.2) is 16.9 Å². The summed E-state index contributed by atoms with van der Waals surface area (Å²) in [5.74, 6) is 0.529. The number of rotatable bonds is 8. The molecule has 204 valence electrons. The SMILES string of the molecule is Cc1cc(C)c(CNC(=O)c2cc(C3CCN(C(=O)C4CCNC4)CC3)nc(NC(C)C)c2C=N)c(=O)[nH]1. The van der Waals surface area contributed by atoms with Gasteiger partial charge in [0.05, 0.1) is 11.5 Å². The lowest BCUT2D eigenvalue weighted by Gasteiger charge is -2.33. The molecule has 2 fully saturated rings. The van der Waals surface area contributed by atoms with Crippen molar-refractivity contribution in [3.63, 3.8) is 0 Å². The molecule has 0 bridgehead atoms. The molecule has 2 amide bonds. The summed E-state index contributed by atoms with van der Waals surface area (Å²) in [5.41, 5.74) is 3.41. The summed E-state index contributed by atoms with van der Waals surface area (Å²) in [7, 11) is 0.